The molecule has 0 fully saturated rings. The van der Waals surface area contributed by atoms with E-state index in [1.165, 1.54) is 0 Å². The fourth-order valence-corrected chi connectivity index (χ4v) is 2.51. The molecule has 2 rings (SSSR count). The van der Waals surface area contributed by atoms with Gasteiger partial charge in [0.15, 0.2) is 5.17 Å². The molecule has 0 aliphatic carbocycles. The summed E-state index contributed by atoms with van der Waals surface area (Å²) < 4.78 is 0. The maximum atomic E-state index is 4.44. The van der Waals surface area contributed by atoms with Gasteiger partial charge in [0.2, 0.25) is 0 Å². The van der Waals surface area contributed by atoms with E-state index in [2.05, 4.69) is 34.1 Å². The molecule has 0 saturated heterocycles. The molecule has 64 valence electrons. The first-order chi connectivity index (χ1) is 5.84. The molecular formula is C8H10N2S2. The quantitative estimate of drug-likeness (QED) is 0.750. The lowest BCUT2D eigenvalue weighted by Gasteiger charge is -1.99. The SMILES string of the molecule is CC1CSC(Nc2ccsc2)=N1. The number of hydrogen-bond acceptors (Lipinski definition) is 4. The first-order valence-electron chi connectivity index (χ1n) is 3.84. The summed E-state index contributed by atoms with van der Waals surface area (Å²) in [6.45, 7) is 2.13. The monoisotopic (exact) mass is 198 g/mol. The van der Waals surface area contributed by atoms with Crippen LogP contribution in [0.25, 0.3) is 0 Å². The van der Waals surface area contributed by atoms with Crippen LogP contribution in [0.4, 0.5) is 5.69 Å². The summed E-state index contributed by atoms with van der Waals surface area (Å²) in [6.07, 6.45) is 0. The molecule has 1 aliphatic rings. The van der Waals surface area contributed by atoms with Gasteiger partial charge in [0.05, 0.1) is 11.7 Å². The maximum Gasteiger partial charge on any atom is 0.161 e. The van der Waals surface area contributed by atoms with E-state index in [0.717, 1.165) is 16.6 Å². The number of nitrogens with one attached hydrogen (secondary N) is 1. The van der Waals surface area contributed by atoms with E-state index in [1.807, 2.05) is 0 Å². The van der Waals surface area contributed by atoms with Gasteiger partial charge in [-0.25, -0.2) is 0 Å². The molecule has 1 aromatic heterocycles. The lowest BCUT2D eigenvalue weighted by atomic mass is 10.4. The van der Waals surface area contributed by atoms with Crippen molar-refractivity contribution in [2.75, 3.05) is 11.1 Å². The number of hydrogen-bond donors (Lipinski definition) is 1. The molecule has 1 atom stereocenters. The first-order valence-corrected chi connectivity index (χ1v) is 5.77. The van der Waals surface area contributed by atoms with Crippen molar-refractivity contribution < 1.29 is 0 Å². The summed E-state index contributed by atoms with van der Waals surface area (Å²) in [4.78, 5) is 4.44. The minimum absolute atomic E-state index is 0.469. The molecule has 12 heavy (non-hydrogen) atoms. The Morgan fingerprint density at radius 1 is 1.67 bits per heavy atom. The van der Waals surface area contributed by atoms with Gasteiger partial charge >= 0.3 is 0 Å². The normalized spacial score (nSPS) is 22.4. The molecule has 2 heterocycles. The van der Waals surface area contributed by atoms with Crippen LogP contribution < -0.4 is 5.32 Å². The van der Waals surface area contributed by atoms with Crippen LogP contribution >= 0.6 is 23.1 Å². The summed E-state index contributed by atoms with van der Waals surface area (Å²) in [5.74, 6) is 1.10. The van der Waals surface area contributed by atoms with Crippen LogP contribution in [0, 0.1) is 0 Å². The fraction of sp³-hybridized carbons (Fsp3) is 0.375. The molecular weight excluding hydrogens is 188 g/mol. The number of thioether (sulfide) groups is 1. The van der Waals surface area contributed by atoms with Crippen molar-refractivity contribution in [1.29, 1.82) is 0 Å². The third-order valence-electron chi connectivity index (χ3n) is 1.57. The third-order valence-corrected chi connectivity index (χ3v) is 3.38. The highest BCUT2D eigenvalue weighted by Crippen LogP contribution is 2.20. The predicted octanol–water partition coefficient (Wildman–Crippen LogP) is 2.65. The summed E-state index contributed by atoms with van der Waals surface area (Å²) in [6, 6.07) is 2.53. The first kappa shape index (κ1) is 8.13. The average Bonchev–Trinajstić information content (AvgIpc) is 2.63. The van der Waals surface area contributed by atoms with Crippen LogP contribution in [0.15, 0.2) is 21.8 Å². The molecule has 0 bridgehead atoms. The molecule has 2 nitrogen and oxygen atoms in total. The summed E-state index contributed by atoms with van der Waals surface area (Å²) in [7, 11) is 0. The summed E-state index contributed by atoms with van der Waals surface area (Å²) in [5.41, 5.74) is 1.15. The van der Waals surface area contributed by atoms with E-state index in [-0.39, 0.29) is 0 Å². The van der Waals surface area contributed by atoms with Gasteiger partial charge in [-0.15, -0.1) is 0 Å². The topological polar surface area (TPSA) is 24.4 Å². The lowest BCUT2D eigenvalue weighted by molar-refractivity contribution is 0.865. The Balaban J connectivity index is 2.00. The van der Waals surface area contributed by atoms with Crippen LogP contribution in [0.5, 0.6) is 0 Å². The molecule has 0 aromatic carbocycles. The van der Waals surface area contributed by atoms with Gasteiger partial charge in [-0.2, -0.15) is 11.3 Å². The molecule has 0 spiro atoms. The van der Waals surface area contributed by atoms with E-state index in [9.17, 15) is 0 Å². The van der Waals surface area contributed by atoms with Gasteiger partial charge in [-0.3, -0.25) is 4.99 Å². The minimum Gasteiger partial charge on any atom is -0.334 e. The van der Waals surface area contributed by atoms with E-state index in [0.29, 0.717) is 6.04 Å². The van der Waals surface area contributed by atoms with Crippen molar-refractivity contribution in [2.24, 2.45) is 4.99 Å². The number of amidine groups is 1. The van der Waals surface area contributed by atoms with Gasteiger partial charge < -0.3 is 5.32 Å². The zero-order valence-electron chi connectivity index (χ0n) is 6.78. The molecule has 0 amide bonds. The standard InChI is InChI=1S/C8H10N2S2/c1-6-4-12-8(9-6)10-7-2-3-11-5-7/h2-3,5-6H,4H2,1H3,(H,9,10). The fourth-order valence-electron chi connectivity index (χ4n) is 1.00. The summed E-state index contributed by atoms with van der Waals surface area (Å²) in [5, 5.41) is 8.48. The highest BCUT2D eigenvalue weighted by Gasteiger charge is 2.13. The van der Waals surface area contributed by atoms with Crippen LogP contribution in [0.1, 0.15) is 6.92 Å². The van der Waals surface area contributed by atoms with E-state index >= 15 is 0 Å². The minimum atomic E-state index is 0.469. The lowest BCUT2D eigenvalue weighted by Crippen LogP contribution is -2.03. The highest BCUT2D eigenvalue weighted by molar-refractivity contribution is 8.14. The van der Waals surface area contributed by atoms with E-state index in [4.69, 9.17) is 0 Å². The van der Waals surface area contributed by atoms with Gasteiger partial charge in [-0.1, -0.05) is 11.8 Å². The molecule has 0 saturated carbocycles. The van der Waals surface area contributed by atoms with E-state index < -0.39 is 0 Å². The molecule has 1 unspecified atom stereocenters. The van der Waals surface area contributed by atoms with Gasteiger partial charge in [0.1, 0.15) is 0 Å². The van der Waals surface area contributed by atoms with Crippen molar-refractivity contribution in [2.45, 2.75) is 13.0 Å². The van der Waals surface area contributed by atoms with Crippen molar-refractivity contribution >= 4 is 34.0 Å². The van der Waals surface area contributed by atoms with Crippen LogP contribution in [0.3, 0.4) is 0 Å². The van der Waals surface area contributed by atoms with Crippen molar-refractivity contribution in [3.63, 3.8) is 0 Å². The molecule has 1 aromatic rings. The third kappa shape index (κ3) is 1.81. The van der Waals surface area contributed by atoms with Crippen molar-refractivity contribution in [3.8, 4) is 0 Å². The Morgan fingerprint density at radius 3 is 3.17 bits per heavy atom. The number of anilines is 1. The predicted molar refractivity (Wildman–Crippen MR) is 57.3 cm³/mol. The van der Waals surface area contributed by atoms with E-state index in [1.54, 1.807) is 23.1 Å². The zero-order valence-corrected chi connectivity index (χ0v) is 8.41. The zero-order chi connectivity index (χ0) is 8.39. The molecule has 4 heteroatoms. The van der Waals surface area contributed by atoms with Crippen LogP contribution in [0.2, 0.25) is 0 Å². The Labute approximate surface area is 80.1 Å². The second-order valence-corrected chi connectivity index (χ2v) is 4.52. The van der Waals surface area contributed by atoms with Gasteiger partial charge in [0.25, 0.3) is 0 Å². The van der Waals surface area contributed by atoms with Gasteiger partial charge in [-0.05, 0) is 18.4 Å². The Bertz CT molecular complexity index is 279. The van der Waals surface area contributed by atoms with Crippen molar-refractivity contribution in [3.05, 3.63) is 16.8 Å². The second kappa shape index (κ2) is 3.49. The van der Waals surface area contributed by atoms with Crippen LogP contribution in [-0.2, 0) is 0 Å². The van der Waals surface area contributed by atoms with Crippen molar-refractivity contribution in [1.82, 2.24) is 0 Å². The molecule has 1 N–H and O–H groups in total. The number of rotatable bonds is 1. The number of nitrogens with zero attached hydrogens (tertiary/aromatic N) is 1. The molecule has 0 radical (unpaired) electrons. The Morgan fingerprint density at radius 2 is 2.58 bits per heavy atom. The summed E-state index contributed by atoms with van der Waals surface area (Å²) >= 11 is 3.49. The van der Waals surface area contributed by atoms with Gasteiger partial charge in [0, 0.05) is 11.1 Å². The Kier molecular flexibility index (Phi) is 2.37. The Hall–Kier alpha value is -0.480. The smallest absolute Gasteiger partial charge is 0.161 e. The number of aliphatic imine (C=N–C) groups is 1. The highest BCUT2D eigenvalue weighted by atomic mass is 32.2. The largest absolute Gasteiger partial charge is 0.334 e. The maximum absolute atomic E-state index is 4.44. The molecule has 1 aliphatic heterocycles. The van der Waals surface area contributed by atoms with Crippen LogP contribution in [-0.4, -0.2) is 17.0 Å². The second-order valence-electron chi connectivity index (χ2n) is 2.73. The average molecular weight is 198 g/mol. The number of thiophene rings is 1.